The smallest absolute Gasteiger partial charge is 0.147 e. The standard InChI is InChI=1S/C13H17FOS/c1-9(2)16-8-13(15)7-11-6-12(14)5-4-10(11)3/h4-6,9H,7-8H2,1-3H3. The molecule has 0 aromatic heterocycles. The summed E-state index contributed by atoms with van der Waals surface area (Å²) in [6, 6.07) is 4.59. The molecule has 1 aromatic carbocycles. The number of halogens is 1. The van der Waals surface area contributed by atoms with Gasteiger partial charge in [0.25, 0.3) is 0 Å². The summed E-state index contributed by atoms with van der Waals surface area (Å²) in [5.74, 6) is 0.394. The molecule has 0 spiro atoms. The molecule has 0 unspecified atom stereocenters. The SMILES string of the molecule is Cc1ccc(F)cc1CC(=O)CSC(C)C. The Morgan fingerprint density at radius 2 is 2.12 bits per heavy atom. The highest BCUT2D eigenvalue weighted by molar-refractivity contribution is 8.00. The van der Waals surface area contributed by atoms with Crippen molar-refractivity contribution in [3.05, 3.63) is 35.1 Å². The predicted octanol–water partition coefficient (Wildman–Crippen LogP) is 3.39. The van der Waals surface area contributed by atoms with Crippen molar-refractivity contribution in [2.24, 2.45) is 0 Å². The first-order chi connectivity index (χ1) is 7.49. The summed E-state index contributed by atoms with van der Waals surface area (Å²) < 4.78 is 13.0. The van der Waals surface area contributed by atoms with Gasteiger partial charge in [0, 0.05) is 6.42 Å². The summed E-state index contributed by atoms with van der Waals surface area (Å²) in [5, 5.41) is 0.456. The van der Waals surface area contributed by atoms with Crippen molar-refractivity contribution < 1.29 is 9.18 Å². The maximum atomic E-state index is 13.0. The third-order valence-corrected chi connectivity index (χ3v) is 3.43. The third kappa shape index (κ3) is 4.35. The van der Waals surface area contributed by atoms with Crippen LogP contribution in [0.4, 0.5) is 4.39 Å². The van der Waals surface area contributed by atoms with Gasteiger partial charge in [0.2, 0.25) is 0 Å². The molecule has 0 amide bonds. The number of hydrogen-bond donors (Lipinski definition) is 0. The Morgan fingerprint density at radius 1 is 1.44 bits per heavy atom. The van der Waals surface area contributed by atoms with Gasteiger partial charge in [-0.15, -0.1) is 0 Å². The second kappa shape index (κ2) is 6.04. The van der Waals surface area contributed by atoms with Gasteiger partial charge in [-0.2, -0.15) is 11.8 Å². The monoisotopic (exact) mass is 240 g/mol. The van der Waals surface area contributed by atoms with E-state index in [1.165, 1.54) is 12.1 Å². The largest absolute Gasteiger partial charge is 0.298 e. The Bertz CT molecular complexity index is 374. The summed E-state index contributed by atoms with van der Waals surface area (Å²) in [4.78, 5) is 11.6. The highest BCUT2D eigenvalue weighted by Gasteiger charge is 2.08. The first-order valence-corrected chi connectivity index (χ1v) is 6.42. The van der Waals surface area contributed by atoms with Gasteiger partial charge >= 0.3 is 0 Å². The van der Waals surface area contributed by atoms with Crippen LogP contribution in [0.15, 0.2) is 18.2 Å². The quantitative estimate of drug-likeness (QED) is 0.784. The average molecular weight is 240 g/mol. The van der Waals surface area contributed by atoms with Crippen molar-refractivity contribution >= 4 is 17.5 Å². The number of Topliss-reactive ketones (excluding diaryl/α,β-unsaturated/α-hetero) is 1. The normalized spacial score (nSPS) is 10.8. The summed E-state index contributed by atoms with van der Waals surface area (Å²) in [6.07, 6.45) is 0.337. The van der Waals surface area contributed by atoms with Gasteiger partial charge in [-0.25, -0.2) is 4.39 Å². The lowest BCUT2D eigenvalue weighted by molar-refractivity contribution is -0.116. The number of ketones is 1. The fourth-order valence-electron chi connectivity index (χ4n) is 1.35. The average Bonchev–Trinajstić information content (AvgIpc) is 2.20. The molecule has 1 nitrogen and oxygen atoms in total. The summed E-state index contributed by atoms with van der Waals surface area (Å²) in [5.41, 5.74) is 1.78. The maximum absolute atomic E-state index is 13.0. The number of carbonyl (C=O) groups is 1. The lowest BCUT2D eigenvalue weighted by Crippen LogP contribution is -2.09. The minimum Gasteiger partial charge on any atom is -0.298 e. The van der Waals surface area contributed by atoms with E-state index in [4.69, 9.17) is 0 Å². The van der Waals surface area contributed by atoms with E-state index in [1.807, 2.05) is 6.92 Å². The van der Waals surface area contributed by atoms with Crippen LogP contribution in [-0.4, -0.2) is 16.8 Å². The molecule has 88 valence electrons. The van der Waals surface area contributed by atoms with Crippen molar-refractivity contribution in [3.8, 4) is 0 Å². The van der Waals surface area contributed by atoms with Crippen molar-refractivity contribution in [1.82, 2.24) is 0 Å². The highest BCUT2D eigenvalue weighted by Crippen LogP contribution is 2.14. The van der Waals surface area contributed by atoms with E-state index in [0.29, 0.717) is 17.4 Å². The predicted molar refractivity (Wildman–Crippen MR) is 67.4 cm³/mol. The van der Waals surface area contributed by atoms with E-state index in [-0.39, 0.29) is 11.6 Å². The molecule has 0 heterocycles. The van der Waals surface area contributed by atoms with Crippen molar-refractivity contribution in [2.45, 2.75) is 32.4 Å². The molecule has 0 N–H and O–H groups in total. The van der Waals surface area contributed by atoms with Crippen LogP contribution in [0.2, 0.25) is 0 Å². The Kier molecular flexibility index (Phi) is 5.00. The third-order valence-electron chi connectivity index (χ3n) is 2.28. The number of benzene rings is 1. The second-order valence-corrected chi connectivity index (χ2v) is 5.71. The molecule has 0 fully saturated rings. The fraction of sp³-hybridized carbons (Fsp3) is 0.462. The number of hydrogen-bond acceptors (Lipinski definition) is 2. The summed E-state index contributed by atoms with van der Waals surface area (Å²) >= 11 is 1.63. The van der Waals surface area contributed by atoms with Gasteiger partial charge in [-0.3, -0.25) is 4.79 Å². The molecule has 3 heteroatoms. The van der Waals surface area contributed by atoms with Crippen LogP contribution in [0, 0.1) is 12.7 Å². The lowest BCUT2D eigenvalue weighted by atomic mass is 10.0. The number of thioether (sulfide) groups is 1. The van der Waals surface area contributed by atoms with Crippen molar-refractivity contribution in [1.29, 1.82) is 0 Å². The second-order valence-electron chi connectivity index (χ2n) is 4.15. The van der Waals surface area contributed by atoms with Crippen LogP contribution in [-0.2, 0) is 11.2 Å². The molecule has 0 aliphatic heterocycles. The van der Waals surface area contributed by atoms with E-state index in [9.17, 15) is 9.18 Å². The van der Waals surface area contributed by atoms with Crippen LogP contribution in [0.1, 0.15) is 25.0 Å². The molecule has 1 rings (SSSR count). The zero-order valence-electron chi connectivity index (χ0n) is 9.92. The summed E-state index contributed by atoms with van der Waals surface area (Å²) in [7, 11) is 0. The van der Waals surface area contributed by atoms with Gasteiger partial charge in [-0.1, -0.05) is 19.9 Å². The molecule has 0 bridgehead atoms. The molecule has 0 radical (unpaired) electrons. The van der Waals surface area contributed by atoms with Crippen LogP contribution >= 0.6 is 11.8 Å². The van der Waals surface area contributed by atoms with Gasteiger partial charge in [-0.05, 0) is 35.4 Å². The van der Waals surface area contributed by atoms with Gasteiger partial charge in [0.15, 0.2) is 0 Å². The molecular formula is C13H17FOS. The van der Waals surface area contributed by atoms with Crippen LogP contribution < -0.4 is 0 Å². The first-order valence-electron chi connectivity index (χ1n) is 5.37. The first kappa shape index (κ1) is 13.2. The van der Waals surface area contributed by atoms with E-state index in [2.05, 4.69) is 13.8 Å². The molecule has 0 saturated heterocycles. The maximum Gasteiger partial charge on any atom is 0.147 e. The van der Waals surface area contributed by atoms with Crippen LogP contribution in [0.3, 0.4) is 0 Å². The van der Waals surface area contributed by atoms with Gasteiger partial charge in [0.05, 0.1) is 5.75 Å². The topological polar surface area (TPSA) is 17.1 Å². The molecule has 0 aliphatic carbocycles. The van der Waals surface area contributed by atoms with E-state index >= 15 is 0 Å². The Balaban J connectivity index is 2.59. The Hall–Kier alpha value is -0.830. The fourth-order valence-corrected chi connectivity index (χ4v) is 1.97. The van der Waals surface area contributed by atoms with E-state index in [1.54, 1.807) is 17.8 Å². The van der Waals surface area contributed by atoms with Crippen molar-refractivity contribution in [3.63, 3.8) is 0 Å². The molecule has 0 atom stereocenters. The minimum absolute atomic E-state index is 0.160. The molecule has 1 aromatic rings. The number of carbonyl (C=O) groups excluding carboxylic acids is 1. The molecular weight excluding hydrogens is 223 g/mol. The van der Waals surface area contributed by atoms with Crippen molar-refractivity contribution in [2.75, 3.05) is 5.75 Å². The van der Waals surface area contributed by atoms with E-state index < -0.39 is 0 Å². The van der Waals surface area contributed by atoms with Gasteiger partial charge < -0.3 is 0 Å². The van der Waals surface area contributed by atoms with E-state index in [0.717, 1.165) is 11.1 Å². The molecule has 0 aliphatic rings. The minimum atomic E-state index is -0.273. The summed E-state index contributed by atoms with van der Waals surface area (Å²) in [6.45, 7) is 6.02. The lowest BCUT2D eigenvalue weighted by Gasteiger charge is -2.06. The zero-order valence-corrected chi connectivity index (χ0v) is 10.7. The number of aryl methyl sites for hydroxylation is 1. The van der Waals surface area contributed by atoms with Crippen LogP contribution in [0.5, 0.6) is 0 Å². The van der Waals surface area contributed by atoms with Gasteiger partial charge in [0.1, 0.15) is 11.6 Å². The Morgan fingerprint density at radius 3 is 2.75 bits per heavy atom. The molecule has 16 heavy (non-hydrogen) atoms. The highest BCUT2D eigenvalue weighted by atomic mass is 32.2. The number of rotatable bonds is 5. The zero-order chi connectivity index (χ0) is 12.1. The Labute approximate surface area is 100 Å². The molecule has 0 saturated carbocycles. The van der Waals surface area contributed by atoms with Crippen LogP contribution in [0.25, 0.3) is 0 Å².